The maximum absolute atomic E-state index is 14.6. The van der Waals surface area contributed by atoms with Crippen LogP contribution in [0.4, 0.5) is 10.1 Å². The van der Waals surface area contributed by atoms with Gasteiger partial charge in [-0.1, -0.05) is 0 Å². The SMILES string of the molecule is N#Cc1ccc(-c2nc3c(N4CCC[C@@H](N)C4)ccnc3n2-c2ccc3scnc3c2)cc1F. The number of piperidine rings is 1. The number of rotatable bonds is 3. The van der Waals surface area contributed by atoms with Gasteiger partial charge in [-0.2, -0.15) is 5.26 Å². The molecule has 1 aliphatic heterocycles. The predicted octanol–water partition coefficient (Wildman–Crippen LogP) is 4.64. The Morgan fingerprint density at radius 1 is 1.15 bits per heavy atom. The minimum atomic E-state index is -0.580. The summed E-state index contributed by atoms with van der Waals surface area (Å²) in [6.07, 6.45) is 3.79. The van der Waals surface area contributed by atoms with Gasteiger partial charge >= 0.3 is 0 Å². The first kappa shape index (κ1) is 20.7. The molecule has 2 aromatic carbocycles. The summed E-state index contributed by atoms with van der Waals surface area (Å²) in [7, 11) is 0. The Balaban J connectivity index is 1.61. The van der Waals surface area contributed by atoms with Gasteiger partial charge in [0.1, 0.15) is 23.2 Å². The Hall–Kier alpha value is -3.87. The number of thiazole rings is 1. The van der Waals surface area contributed by atoms with E-state index >= 15 is 0 Å². The standard InChI is InChI=1S/C25H20FN7S/c26-19-10-15(3-4-16(19)12-27)24-31-23-21(32-9-1-2-17(28)13-32)7-8-29-25(23)33(24)18-5-6-22-20(11-18)30-14-34-22/h3-8,10-11,14,17H,1-2,9,13,28H2/t17-/m1/s1. The number of imidazole rings is 1. The van der Waals surface area contributed by atoms with Crippen LogP contribution in [0.15, 0.2) is 54.2 Å². The fourth-order valence-corrected chi connectivity index (χ4v) is 5.27. The van der Waals surface area contributed by atoms with E-state index in [0.29, 0.717) is 17.0 Å². The van der Waals surface area contributed by atoms with Crippen LogP contribution in [0.5, 0.6) is 0 Å². The van der Waals surface area contributed by atoms with Crippen molar-refractivity contribution in [3.63, 3.8) is 0 Å². The third-order valence-corrected chi connectivity index (χ3v) is 7.05. The molecular formula is C25H20FN7S. The lowest BCUT2D eigenvalue weighted by Crippen LogP contribution is -2.42. The van der Waals surface area contributed by atoms with E-state index in [0.717, 1.165) is 53.0 Å². The summed E-state index contributed by atoms with van der Waals surface area (Å²) in [6, 6.07) is 14.5. The van der Waals surface area contributed by atoms with Crippen molar-refractivity contribution in [1.82, 2.24) is 19.5 Å². The topological polar surface area (TPSA) is 96.6 Å². The van der Waals surface area contributed by atoms with Crippen LogP contribution in [0.25, 0.3) is 38.5 Å². The van der Waals surface area contributed by atoms with Crippen LogP contribution in [0, 0.1) is 17.1 Å². The number of hydrogen-bond acceptors (Lipinski definition) is 7. The largest absolute Gasteiger partial charge is 0.368 e. The second kappa shape index (κ2) is 8.17. The van der Waals surface area contributed by atoms with E-state index in [4.69, 9.17) is 16.0 Å². The monoisotopic (exact) mass is 469 g/mol. The summed E-state index contributed by atoms with van der Waals surface area (Å²) in [4.78, 5) is 16.4. The first-order valence-electron chi connectivity index (χ1n) is 11.0. The van der Waals surface area contributed by atoms with Gasteiger partial charge in [0.25, 0.3) is 0 Å². The zero-order valence-corrected chi connectivity index (χ0v) is 19.0. The molecule has 1 atom stereocenters. The molecule has 0 radical (unpaired) electrons. The number of halogens is 1. The van der Waals surface area contributed by atoms with Gasteiger partial charge in [-0.25, -0.2) is 19.3 Å². The Bertz CT molecular complexity index is 1580. The summed E-state index contributed by atoms with van der Waals surface area (Å²) in [5.74, 6) is -0.0297. The summed E-state index contributed by atoms with van der Waals surface area (Å²) >= 11 is 1.57. The van der Waals surface area contributed by atoms with E-state index in [1.807, 2.05) is 40.4 Å². The fourth-order valence-electron chi connectivity index (χ4n) is 4.61. The molecule has 0 amide bonds. The molecule has 4 heterocycles. The van der Waals surface area contributed by atoms with E-state index < -0.39 is 5.82 Å². The number of fused-ring (bicyclic) bond motifs is 2. The first-order valence-corrected chi connectivity index (χ1v) is 11.9. The highest BCUT2D eigenvalue weighted by atomic mass is 32.1. The van der Waals surface area contributed by atoms with E-state index in [9.17, 15) is 4.39 Å². The van der Waals surface area contributed by atoms with Gasteiger partial charge < -0.3 is 10.6 Å². The number of nitrogens with two attached hydrogens (primary N) is 1. The predicted molar refractivity (Wildman–Crippen MR) is 132 cm³/mol. The summed E-state index contributed by atoms with van der Waals surface area (Å²) in [5, 5.41) is 9.17. The minimum absolute atomic E-state index is 0.00331. The molecule has 2 N–H and O–H groups in total. The average Bonchev–Trinajstić information content (AvgIpc) is 3.48. The number of aromatic nitrogens is 4. The van der Waals surface area contributed by atoms with Crippen LogP contribution in [0.1, 0.15) is 18.4 Å². The number of nitriles is 1. The third kappa shape index (κ3) is 3.39. The molecule has 1 saturated heterocycles. The number of anilines is 1. The number of hydrogen-bond donors (Lipinski definition) is 1. The van der Waals surface area contributed by atoms with E-state index in [1.165, 1.54) is 12.1 Å². The van der Waals surface area contributed by atoms with Crippen molar-refractivity contribution < 1.29 is 4.39 Å². The highest BCUT2D eigenvalue weighted by molar-refractivity contribution is 7.16. The zero-order valence-electron chi connectivity index (χ0n) is 18.1. The molecule has 0 unspecified atom stereocenters. The molecule has 0 saturated carbocycles. The Morgan fingerprint density at radius 3 is 2.88 bits per heavy atom. The lowest BCUT2D eigenvalue weighted by atomic mass is 10.1. The molecule has 9 heteroatoms. The van der Waals surface area contributed by atoms with Gasteiger partial charge in [0.2, 0.25) is 0 Å². The lowest BCUT2D eigenvalue weighted by Gasteiger charge is -2.32. The molecule has 1 fully saturated rings. The quantitative estimate of drug-likeness (QED) is 0.414. The molecule has 6 rings (SSSR count). The highest BCUT2D eigenvalue weighted by Crippen LogP contribution is 2.35. The second-order valence-corrected chi connectivity index (χ2v) is 9.32. The van der Waals surface area contributed by atoms with Crippen molar-refractivity contribution in [3.05, 3.63) is 65.6 Å². The molecule has 7 nitrogen and oxygen atoms in total. The molecule has 0 spiro atoms. The smallest absolute Gasteiger partial charge is 0.167 e. The Kier molecular flexibility index (Phi) is 4.98. The van der Waals surface area contributed by atoms with Crippen molar-refractivity contribution >= 4 is 38.4 Å². The average molecular weight is 470 g/mol. The Labute approximate surface area is 198 Å². The van der Waals surface area contributed by atoms with Gasteiger partial charge in [-0.15, -0.1) is 11.3 Å². The summed E-state index contributed by atoms with van der Waals surface area (Å²) in [6.45, 7) is 1.64. The fraction of sp³-hybridized carbons (Fsp3) is 0.200. The highest BCUT2D eigenvalue weighted by Gasteiger charge is 2.24. The van der Waals surface area contributed by atoms with Crippen molar-refractivity contribution in [2.45, 2.75) is 18.9 Å². The summed E-state index contributed by atoms with van der Waals surface area (Å²) in [5.41, 5.74) is 12.7. The maximum Gasteiger partial charge on any atom is 0.167 e. The molecular weight excluding hydrogens is 449 g/mol. The number of nitrogens with zero attached hydrogens (tertiary/aromatic N) is 6. The molecule has 0 bridgehead atoms. The van der Waals surface area contributed by atoms with Crippen LogP contribution >= 0.6 is 11.3 Å². The number of benzene rings is 2. The first-order chi connectivity index (χ1) is 16.6. The van der Waals surface area contributed by atoms with Gasteiger partial charge in [0.15, 0.2) is 5.65 Å². The van der Waals surface area contributed by atoms with E-state index in [2.05, 4.69) is 14.9 Å². The van der Waals surface area contributed by atoms with Crippen LogP contribution in [0.3, 0.4) is 0 Å². The number of pyridine rings is 1. The maximum atomic E-state index is 14.6. The van der Waals surface area contributed by atoms with Gasteiger partial charge in [-0.3, -0.25) is 4.57 Å². The van der Waals surface area contributed by atoms with Gasteiger partial charge in [0.05, 0.1) is 32.7 Å². The van der Waals surface area contributed by atoms with E-state index in [1.54, 1.807) is 23.6 Å². The van der Waals surface area contributed by atoms with Crippen LogP contribution in [0.2, 0.25) is 0 Å². The molecule has 5 aromatic rings. The second-order valence-electron chi connectivity index (χ2n) is 8.43. The van der Waals surface area contributed by atoms with Gasteiger partial charge in [0, 0.05) is 30.9 Å². The van der Waals surface area contributed by atoms with Crippen molar-refractivity contribution in [2.75, 3.05) is 18.0 Å². The van der Waals surface area contributed by atoms with Crippen LogP contribution < -0.4 is 10.6 Å². The van der Waals surface area contributed by atoms with E-state index in [-0.39, 0.29) is 11.6 Å². The van der Waals surface area contributed by atoms with Crippen molar-refractivity contribution in [2.24, 2.45) is 5.73 Å². The molecule has 1 aliphatic rings. The molecule has 0 aliphatic carbocycles. The summed E-state index contributed by atoms with van der Waals surface area (Å²) < 4.78 is 17.6. The normalized spacial score (nSPS) is 16.3. The Morgan fingerprint density at radius 2 is 2.06 bits per heavy atom. The van der Waals surface area contributed by atoms with Crippen molar-refractivity contribution in [3.8, 4) is 23.1 Å². The van der Waals surface area contributed by atoms with Crippen molar-refractivity contribution in [1.29, 1.82) is 5.26 Å². The van der Waals surface area contributed by atoms with Crippen LogP contribution in [-0.4, -0.2) is 38.7 Å². The zero-order chi connectivity index (χ0) is 23.2. The molecule has 34 heavy (non-hydrogen) atoms. The van der Waals surface area contributed by atoms with Crippen LogP contribution in [-0.2, 0) is 0 Å². The minimum Gasteiger partial charge on any atom is -0.368 e. The molecule has 168 valence electrons. The lowest BCUT2D eigenvalue weighted by molar-refractivity contribution is 0.507. The molecule has 3 aromatic heterocycles. The third-order valence-electron chi connectivity index (χ3n) is 6.24. The van der Waals surface area contributed by atoms with Gasteiger partial charge in [-0.05, 0) is 55.3 Å².